The normalized spacial score (nSPS) is 14.8. The molecule has 6 aliphatic rings. The third-order valence-electron chi connectivity index (χ3n) is 7.97. The average molecular weight is 860 g/mol. The molecule has 0 radical (unpaired) electrons. The molecule has 0 aromatic heterocycles. The minimum atomic E-state index is 1.32. The highest BCUT2D eigenvalue weighted by Gasteiger charge is 1.97. The van der Waals surface area contributed by atoms with Gasteiger partial charge >= 0.3 is 0 Å². The van der Waals surface area contributed by atoms with Gasteiger partial charge in [0.2, 0.25) is 0 Å². The predicted octanol–water partition coefficient (Wildman–Crippen LogP) is 25.7. The summed E-state index contributed by atoms with van der Waals surface area (Å²) in [5, 5.41) is 0. The summed E-state index contributed by atoms with van der Waals surface area (Å²) in [7, 11) is 0. The quantitative estimate of drug-likeness (QED) is 0.168. The monoisotopic (exact) mass is 859 g/mol. The summed E-state index contributed by atoms with van der Waals surface area (Å²) in [6.45, 7) is 48.0. The van der Waals surface area contributed by atoms with E-state index < -0.39 is 0 Å². The van der Waals surface area contributed by atoms with E-state index in [4.69, 9.17) is 0 Å². The molecule has 0 aromatic carbocycles. The van der Waals surface area contributed by atoms with E-state index in [0.29, 0.717) is 0 Å². The molecule has 0 aromatic rings. The number of hydrogen-bond acceptors (Lipinski definition) is 0. The molecule has 3 saturated carbocycles. The topological polar surface area (TPSA) is 0 Å². The molecule has 0 atom stereocenters. The van der Waals surface area contributed by atoms with Crippen LogP contribution in [0.1, 0.15) is 359 Å². The molecule has 0 amide bonds. The van der Waals surface area contributed by atoms with Crippen molar-refractivity contribution in [3.8, 4) is 0 Å². The highest BCUT2D eigenvalue weighted by Crippen LogP contribution is 2.16. The van der Waals surface area contributed by atoms with Crippen LogP contribution in [0.5, 0.6) is 0 Å². The van der Waals surface area contributed by atoms with E-state index in [1.807, 2.05) is 166 Å². The fourth-order valence-electron chi connectivity index (χ4n) is 5.47. The van der Waals surface area contributed by atoms with Gasteiger partial charge in [0.15, 0.2) is 0 Å². The molecule has 378 valence electrons. The van der Waals surface area contributed by atoms with E-state index in [1.165, 1.54) is 193 Å². The van der Waals surface area contributed by atoms with Crippen LogP contribution in [-0.4, -0.2) is 0 Å². The van der Waals surface area contributed by atoms with Gasteiger partial charge in [0.1, 0.15) is 0 Å². The summed E-state index contributed by atoms with van der Waals surface area (Å²) in [6, 6.07) is 0. The van der Waals surface area contributed by atoms with Crippen LogP contribution in [0.15, 0.2) is 36.5 Å². The fourth-order valence-corrected chi connectivity index (χ4v) is 5.47. The number of allylic oxidation sites excluding steroid dienone is 6. The molecule has 3 fully saturated rings. The average Bonchev–Trinajstić information content (AvgIpc) is 4.08. The molecule has 0 unspecified atom stereocenters. The van der Waals surface area contributed by atoms with E-state index in [-0.39, 0.29) is 0 Å². The summed E-state index contributed by atoms with van der Waals surface area (Å²) in [4.78, 5) is 0. The lowest BCUT2D eigenvalue weighted by atomic mass is 10.0. The zero-order valence-corrected chi connectivity index (χ0v) is 48.7. The van der Waals surface area contributed by atoms with Crippen LogP contribution in [-0.2, 0) is 0 Å². The summed E-state index contributed by atoms with van der Waals surface area (Å²) in [5.74, 6) is 0. The van der Waals surface area contributed by atoms with Crippen molar-refractivity contribution in [1.82, 2.24) is 0 Å². The third kappa shape index (κ3) is 146. The Bertz CT molecular complexity index is 413. The van der Waals surface area contributed by atoms with E-state index in [1.54, 1.807) is 0 Å². The van der Waals surface area contributed by atoms with Crippen molar-refractivity contribution >= 4 is 0 Å². The van der Waals surface area contributed by atoms with Gasteiger partial charge in [-0.05, 0) is 70.6 Å². The van der Waals surface area contributed by atoms with Crippen LogP contribution in [0.25, 0.3) is 0 Å². The lowest BCUT2D eigenvalue weighted by Gasteiger charge is -2.05. The second-order valence-electron chi connectivity index (χ2n) is 11.6. The summed E-state index contributed by atoms with van der Waals surface area (Å²) >= 11 is 0. The second-order valence-corrected chi connectivity index (χ2v) is 11.6. The Morgan fingerprint density at radius 2 is 0.200 bits per heavy atom. The lowest BCUT2D eigenvalue weighted by molar-refractivity contribution is 0.504. The Morgan fingerprint density at radius 1 is 0.117 bits per heavy atom. The smallest absolute Gasteiger partial charge is 0.0348 e. The molecule has 0 spiro atoms. The van der Waals surface area contributed by atoms with Crippen LogP contribution in [0.3, 0.4) is 0 Å². The fraction of sp³-hybridized carbons (Fsp3) is 0.900. The van der Waals surface area contributed by atoms with Gasteiger partial charge in [-0.3, -0.25) is 0 Å². The van der Waals surface area contributed by atoms with Crippen LogP contribution >= 0.6 is 0 Å². The Labute approximate surface area is 393 Å². The van der Waals surface area contributed by atoms with Gasteiger partial charge in [-0.25, -0.2) is 0 Å². The number of rotatable bonds is 0. The standard InChI is InChI=1S/C7H14.C7H12.C6H12.C6H10.C5H10.C5H8.12C2H6/c2*1-2-4-6-7-5-3-1;2*1-2-4-6-5-3-1;2*1-2-4-5-3-1;12*1-2/h1-7H2;1-2H,3-7H2;1-6H2;1-2H,3-6H2;1-5H2;1-2H,3-5H2;12*1-2H3. The zero-order valence-electron chi connectivity index (χ0n) is 48.7. The first kappa shape index (κ1) is 90.0. The molecular formula is C60H138. The van der Waals surface area contributed by atoms with Gasteiger partial charge in [-0.2, -0.15) is 0 Å². The largest absolute Gasteiger partial charge is 0.0885 e. The van der Waals surface area contributed by atoms with E-state index in [9.17, 15) is 0 Å². The molecular weight excluding hydrogens is 721 g/mol. The van der Waals surface area contributed by atoms with Crippen molar-refractivity contribution in [2.24, 2.45) is 0 Å². The highest BCUT2D eigenvalue weighted by atomic mass is 14.0. The summed E-state index contributed by atoms with van der Waals surface area (Å²) in [5.41, 5.74) is 0. The highest BCUT2D eigenvalue weighted by molar-refractivity contribution is 4.88. The molecule has 60 heavy (non-hydrogen) atoms. The molecule has 0 heteroatoms. The van der Waals surface area contributed by atoms with Crippen molar-refractivity contribution in [2.75, 3.05) is 0 Å². The molecule has 6 rings (SSSR count). The van der Waals surface area contributed by atoms with Gasteiger partial charge in [-0.1, -0.05) is 325 Å². The molecule has 0 aliphatic heterocycles. The molecule has 0 saturated heterocycles. The lowest BCUT2D eigenvalue weighted by Crippen LogP contribution is -1.85. The minimum Gasteiger partial charge on any atom is -0.0885 e. The molecule has 0 bridgehead atoms. The molecule has 6 aliphatic carbocycles. The van der Waals surface area contributed by atoms with Crippen molar-refractivity contribution in [2.45, 2.75) is 359 Å². The maximum atomic E-state index is 2.30. The third-order valence-corrected chi connectivity index (χ3v) is 7.97. The van der Waals surface area contributed by atoms with Crippen LogP contribution in [0.2, 0.25) is 0 Å². The number of hydrogen-bond donors (Lipinski definition) is 0. The van der Waals surface area contributed by atoms with E-state index in [2.05, 4.69) is 36.5 Å². The molecule has 0 heterocycles. The van der Waals surface area contributed by atoms with Crippen molar-refractivity contribution < 1.29 is 0 Å². The molecule has 0 nitrogen and oxygen atoms in total. The van der Waals surface area contributed by atoms with Gasteiger partial charge in [0, 0.05) is 0 Å². The first-order chi connectivity index (χ1) is 30.0. The van der Waals surface area contributed by atoms with Gasteiger partial charge in [0.25, 0.3) is 0 Å². The van der Waals surface area contributed by atoms with Gasteiger partial charge in [0.05, 0.1) is 0 Å². The Hall–Kier alpha value is -0.780. The van der Waals surface area contributed by atoms with Crippen LogP contribution < -0.4 is 0 Å². The molecule has 0 N–H and O–H groups in total. The summed E-state index contributed by atoms with van der Waals surface area (Å²) in [6.07, 6.45) is 57.0. The summed E-state index contributed by atoms with van der Waals surface area (Å²) < 4.78 is 0. The Kier molecular flexibility index (Phi) is 231. The van der Waals surface area contributed by atoms with Crippen molar-refractivity contribution in [3.63, 3.8) is 0 Å². The van der Waals surface area contributed by atoms with Crippen LogP contribution in [0, 0.1) is 0 Å². The van der Waals surface area contributed by atoms with Crippen LogP contribution in [0.4, 0.5) is 0 Å². The minimum absolute atomic E-state index is 1.32. The maximum absolute atomic E-state index is 2.30. The van der Waals surface area contributed by atoms with E-state index in [0.717, 1.165) is 0 Å². The predicted molar refractivity (Wildman–Crippen MR) is 302 cm³/mol. The van der Waals surface area contributed by atoms with E-state index >= 15 is 0 Å². The second kappa shape index (κ2) is 154. The zero-order chi connectivity index (χ0) is 49.5. The first-order valence-electron chi connectivity index (χ1n) is 28.9. The SMILES string of the molecule is C1=CCCC1.C1=CCCCC1.C1=CCCCCC1.C1CCCC1.C1CCCCC1.C1CCCCCC1.CC.CC.CC.CC.CC.CC.CC.CC.CC.CC.CC.CC. The van der Waals surface area contributed by atoms with Crippen molar-refractivity contribution in [1.29, 1.82) is 0 Å². The Balaban J connectivity index is -0.0000000420. The van der Waals surface area contributed by atoms with Crippen molar-refractivity contribution in [3.05, 3.63) is 36.5 Å². The maximum Gasteiger partial charge on any atom is -0.0348 e. The van der Waals surface area contributed by atoms with Gasteiger partial charge < -0.3 is 0 Å². The first-order valence-corrected chi connectivity index (χ1v) is 28.9. The Morgan fingerprint density at radius 3 is 0.300 bits per heavy atom. The van der Waals surface area contributed by atoms with Gasteiger partial charge in [-0.15, -0.1) is 0 Å².